The summed E-state index contributed by atoms with van der Waals surface area (Å²) in [6, 6.07) is -0.0590. The number of methoxy groups -OCH3 is 1. The van der Waals surface area contributed by atoms with Gasteiger partial charge in [-0.1, -0.05) is 0 Å². The Bertz CT molecular complexity index is 237. The van der Waals surface area contributed by atoms with Crippen LogP contribution in [0.5, 0.6) is 0 Å². The zero-order valence-electron chi connectivity index (χ0n) is 7.04. The molecule has 0 radical (unpaired) electrons. The summed E-state index contributed by atoms with van der Waals surface area (Å²) in [6.45, 7) is 0.957. The van der Waals surface area contributed by atoms with Gasteiger partial charge in [0, 0.05) is 12.7 Å². The van der Waals surface area contributed by atoms with Crippen molar-refractivity contribution in [3.05, 3.63) is 12.0 Å². The van der Waals surface area contributed by atoms with Gasteiger partial charge in [-0.05, 0) is 12.8 Å². The Labute approximate surface area is 71.2 Å². The van der Waals surface area contributed by atoms with Crippen LogP contribution in [0.1, 0.15) is 12.8 Å². The average Bonchev–Trinajstić information content (AvgIpc) is 2.83. The van der Waals surface area contributed by atoms with Gasteiger partial charge in [0.1, 0.15) is 11.9 Å². The fraction of sp³-hybridized carbons (Fsp3) is 0.625. The van der Waals surface area contributed by atoms with E-state index in [2.05, 4.69) is 10.2 Å². The van der Waals surface area contributed by atoms with Crippen molar-refractivity contribution in [1.82, 2.24) is 10.2 Å². The van der Waals surface area contributed by atoms with Gasteiger partial charge in [0.15, 0.2) is 0 Å². The molecule has 4 nitrogen and oxygen atoms in total. The molecule has 0 spiro atoms. The first kappa shape index (κ1) is 7.46. The van der Waals surface area contributed by atoms with E-state index in [-0.39, 0.29) is 12.0 Å². The van der Waals surface area contributed by atoms with Gasteiger partial charge in [-0.25, -0.2) is 4.79 Å². The van der Waals surface area contributed by atoms with Crippen LogP contribution >= 0.6 is 0 Å². The Balaban J connectivity index is 2.03. The normalized spacial score (nSPS) is 26.2. The van der Waals surface area contributed by atoms with Crippen molar-refractivity contribution in [2.24, 2.45) is 0 Å². The van der Waals surface area contributed by atoms with Crippen LogP contribution in [0.2, 0.25) is 0 Å². The molecule has 2 heterocycles. The van der Waals surface area contributed by atoms with Crippen molar-refractivity contribution in [3.8, 4) is 0 Å². The number of hydrogen-bond acceptors (Lipinski definition) is 4. The fourth-order valence-corrected chi connectivity index (χ4v) is 1.63. The Kier molecular flexibility index (Phi) is 1.67. The maximum Gasteiger partial charge on any atom is 0.328 e. The quantitative estimate of drug-likeness (QED) is 0.591. The number of nitrogens with zero attached hydrogens (tertiary/aromatic N) is 1. The van der Waals surface area contributed by atoms with E-state index in [1.165, 1.54) is 7.11 Å². The average molecular weight is 168 g/mol. The summed E-state index contributed by atoms with van der Waals surface area (Å²) in [5.41, 5.74) is 0. The lowest BCUT2D eigenvalue weighted by molar-refractivity contribution is -0.145. The first-order valence-electron chi connectivity index (χ1n) is 4.14. The Morgan fingerprint density at radius 2 is 2.58 bits per heavy atom. The summed E-state index contributed by atoms with van der Waals surface area (Å²) in [5.74, 6) is 0.949. The van der Waals surface area contributed by atoms with Crippen LogP contribution in [0.3, 0.4) is 0 Å². The molecule has 12 heavy (non-hydrogen) atoms. The van der Waals surface area contributed by atoms with Crippen LogP contribution in [0.4, 0.5) is 0 Å². The van der Waals surface area contributed by atoms with Crippen LogP contribution in [0.25, 0.3) is 0 Å². The second kappa shape index (κ2) is 2.69. The van der Waals surface area contributed by atoms with Crippen LogP contribution < -0.4 is 5.32 Å². The summed E-state index contributed by atoms with van der Waals surface area (Å²) in [4.78, 5) is 13.3. The summed E-state index contributed by atoms with van der Waals surface area (Å²) < 4.78 is 4.71. The van der Waals surface area contributed by atoms with Crippen molar-refractivity contribution in [1.29, 1.82) is 0 Å². The molecule has 0 aromatic rings. The van der Waals surface area contributed by atoms with Crippen LogP contribution in [-0.2, 0) is 9.53 Å². The highest BCUT2D eigenvalue weighted by Gasteiger charge is 2.35. The van der Waals surface area contributed by atoms with E-state index in [0.29, 0.717) is 0 Å². The molecule has 1 fully saturated rings. The molecule has 0 aromatic carbocycles. The second-order valence-corrected chi connectivity index (χ2v) is 3.05. The van der Waals surface area contributed by atoms with Gasteiger partial charge in [0.05, 0.1) is 7.11 Å². The number of hydrogen-bond donors (Lipinski definition) is 1. The zero-order chi connectivity index (χ0) is 8.55. The van der Waals surface area contributed by atoms with E-state index >= 15 is 0 Å². The van der Waals surface area contributed by atoms with E-state index in [0.717, 1.165) is 25.2 Å². The van der Waals surface area contributed by atoms with Gasteiger partial charge < -0.3 is 15.0 Å². The molecule has 66 valence electrons. The van der Waals surface area contributed by atoms with E-state index in [1.54, 1.807) is 0 Å². The predicted molar refractivity (Wildman–Crippen MR) is 43.0 cm³/mol. The van der Waals surface area contributed by atoms with Crippen molar-refractivity contribution < 1.29 is 9.53 Å². The fourth-order valence-electron chi connectivity index (χ4n) is 1.63. The second-order valence-electron chi connectivity index (χ2n) is 3.05. The van der Waals surface area contributed by atoms with Gasteiger partial charge in [-0.3, -0.25) is 0 Å². The van der Waals surface area contributed by atoms with Gasteiger partial charge in [0.25, 0.3) is 0 Å². The molecule has 0 aromatic heterocycles. The number of carbonyl (C=O) groups excluding carboxylic acids is 1. The molecule has 0 unspecified atom stereocenters. The number of carbonyl (C=O) groups is 1. The molecular weight excluding hydrogens is 156 g/mol. The highest BCUT2D eigenvalue weighted by molar-refractivity contribution is 5.76. The Morgan fingerprint density at radius 1 is 1.83 bits per heavy atom. The minimum absolute atomic E-state index is 0.0590. The number of rotatable bonds is 2. The van der Waals surface area contributed by atoms with Crippen molar-refractivity contribution in [3.63, 3.8) is 0 Å². The SMILES string of the molecule is COC(=O)[C@@H]1CCCN1C1=CN1. The molecule has 2 aliphatic rings. The lowest BCUT2D eigenvalue weighted by Gasteiger charge is -2.20. The molecule has 0 aliphatic carbocycles. The molecular formula is C8H12N2O2. The van der Waals surface area contributed by atoms with Crippen molar-refractivity contribution in [2.45, 2.75) is 18.9 Å². The van der Waals surface area contributed by atoms with Crippen molar-refractivity contribution >= 4 is 5.97 Å². The van der Waals surface area contributed by atoms with Crippen molar-refractivity contribution in [2.75, 3.05) is 13.7 Å². The van der Waals surface area contributed by atoms with Gasteiger partial charge in [-0.15, -0.1) is 0 Å². The molecule has 1 saturated heterocycles. The zero-order valence-corrected chi connectivity index (χ0v) is 7.04. The third kappa shape index (κ3) is 1.13. The first-order chi connectivity index (χ1) is 5.83. The minimum Gasteiger partial charge on any atom is -0.467 e. The maximum atomic E-state index is 11.2. The van der Waals surface area contributed by atoms with Gasteiger partial charge in [-0.2, -0.15) is 0 Å². The van der Waals surface area contributed by atoms with E-state index in [1.807, 2.05) is 6.20 Å². The van der Waals surface area contributed by atoms with E-state index in [9.17, 15) is 4.79 Å². The predicted octanol–water partition coefficient (Wildman–Crippen LogP) is 0.0259. The molecule has 2 rings (SSSR count). The molecule has 0 bridgehead atoms. The third-order valence-corrected chi connectivity index (χ3v) is 2.31. The van der Waals surface area contributed by atoms with Gasteiger partial charge in [0.2, 0.25) is 0 Å². The van der Waals surface area contributed by atoms with E-state index < -0.39 is 0 Å². The lowest BCUT2D eigenvalue weighted by atomic mass is 10.2. The molecule has 0 saturated carbocycles. The van der Waals surface area contributed by atoms with Crippen LogP contribution in [0.15, 0.2) is 12.0 Å². The van der Waals surface area contributed by atoms with E-state index in [4.69, 9.17) is 4.74 Å². The molecule has 4 heteroatoms. The number of ether oxygens (including phenoxy) is 1. The number of nitrogens with one attached hydrogen (secondary N) is 1. The first-order valence-corrected chi connectivity index (χ1v) is 4.14. The van der Waals surface area contributed by atoms with Crippen LogP contribution in [0, 0.1) is 0 Å². The number of esters is 1. The lowest BCUT2D eigenvalue weighted by Crippen LogP contribution is -2.35. The Hall–Kier alpha value is -1.19. The standard InChI is InChI=1S/C8H12N2O2/c1-12-8(11)6-3-2-4-10(6)7-5-9-7/h5-6,9H,2-4H2,1H3/t6-/m0/s1. The summed E-state index contributed by atoms with van der Waals surface area (Å²) in [7, 11) is 1.44. The smallest absolute Gasteiger partial charge is 0.328 e. The summed E-state index contributed by atoms with van der Waals surface area (Å²) in [5, 5.41) is 3.00. The summed E-state index contributed by atoms with van der Waals surface area (Å²) in [6.07, 6.45) is 3.88. The topological polar surface area (TPSA) is 51.5 Å². The summed E-state index contributed by atoms with van der Waals surface area (Å²) >= 11 is 0. The number of likely N-dealkylation sites (tertiary alicyclic amines) is 1. The monoisotopic (exact) mass is 168 g/mol. The minimum atomic E-state index is -0.123. The van der Waals surface area contributed by atoms with Gasteiger partial charge >= 0.3 is 5.97 Å². The Morgan fingerprint density at radius 3 is 3.17 bits per heavy atom. The highest BCUT2D eigenvalue weighted by atomic mass is 16.5. The third-order valence-electron chi connectivity index (χ3n) is 2.31. The highest BCUT2D eigenvalue weighted by Crippen LogP contribution is 2.24. The molecule has 1 N–H and O–H groups in total. The molecule has 1 atom stereocenters. The largest absolute Gasteiger partial charge is 0.467 e. The maximum absolute atomic E-state index is 11.2. The molecule has 0 amide bonds. The molecule has 2 aliphatic heterocycles. The van der Waals surface area contributed by atoms with Crippen LogP contribution in [-0.4, -0.2) is 30.6 Å².